The number of phenols is 1. The van der Waals surface area contributed by atoms with Gasteiger partial charge in [-0.3, -0.25) is 4.79 Å². The van der Waals surface area contributed by atoms with Gasteiger partial charge in [-0.2, -0.15) is 5.10 Å². The van der Waals surface area contributed by atoms with E-state index in [0.29, 0.717) is 12.4 Å². The lowest BCUT2D eigenvalue weighted by molar-refractivity contribution is -0.123. The minimum Gasteiger partial charge on any atom is -0.504 e. The van der Waals surface area contributed by atoms with E-state index >= 15 is 0 Å². The lowest BCUT2D eigenvalue weighted by atomic mass is 10.1. The molecule has 0 bridgehead atoms. The summed E-state index contributed by atoms with van der Waals surface area (Å²) in [7, 11) is 0. The molecule has 0 saturated heterocycles. The van der Waals surface area contributed by atoms with E-state index in [4.69, 9.17) is 32.7 Å². The van der Waals surface area contributed by atoms with Gasteiger partial charge < -0.3 is 14.6 Å². The van der Waals surface area contributed by atoms with E-state index in [-0.39, 0.29) is 33.7 Å². The number of hydrazone groups is 1. The number of hydrogen-bond acceptors (Lipinski definition) is 5. The summed E-state index contributed by atoms with van der Waals surface area (Å²) >= 11 is 12.1. The topological polar surface area (TPSA) is 80.2 Å². The van der Waals surface area contributed by atoms with Gasteiger partial charge in [-0.1, -0.05) is 35.3 Å². The maximum Gasteiger partial charge on any atom is 0.277 e. The summed E-state index contributed by atoms with van der Waals surface area (Å²) in [6.07, 6.45) is 1.20. The van der Waals surface area contributed by atoms with Crippen LogP contribution in [0.1, 0.15) is 29.2 Å². The van der Waals surface area contributed by atoms with E-state index in [1.54, 1.807) is 6.92 Å². The predicted molar refractivity (Wildman–Crippen MR) is 111 cm³/mol. The number of carbonyl (C=O) groups is 1. The first-order valence-corrected chi connectivity index (χ1v) is 9.37. The predicted octanol–water partition coefficient (Wildman–Crippen LogP) is 4.55. The number of hydrogen-bond donors (Lipinski definition) is 2. The third kappa shape index (κ3) is 5.09. The molecular formula is C20H22Cl2N2O4. The van der Waals surface area contributed by atoms with Crippen molar-refractivity contribution in [2.45, 2.75) is 27.7 Å². The molecule has 28 heavy (non-hydrogen) atoms. The van der Waals surface area contributed by atoms with Crippen LogP contribution in [0.3, 0.4) is 0 Å². The fraction of sp³-hybridized carbons (Fsp3) is 0.300. The van der Waals surface area contributed by atoms with Crippen molar-refractivity contribution in [1.29, 1.82) is 0 Å². The molecule has 8 heteroatoms. The summed E-state index contributed by atoms with van der Waals surface area (Å²) < 4.78 is 10.9. The lowest BCUT2D eigenvalue weighted by Gasteiger charge is -2.13. The van der Waals surface area contributed by atoms with Gasteiger partial charge in [-0.05, 0) is 44.4 Å². The quantitative estimate of drug-likeness (QED) is 0.504. The number of carbonyl (C=O) groups excluding carboxylic acids is 1. The molecule has 0 heterocycles. The van der Waals surface area contributed by atoms with Crippen molar-refractivity contribution in [3.8, 4) is 17.2 Å². The van der Waals surface area contributed by atoms with E-state index in [9.17, 15) is 9.90 Å². The van der Waals surface area contributed by atoms with Crippen LogP contribution in [0.2, 0.25) is 10.0 Å². The largest absolute Gasteiger partial charge is 0.504 e. The Morgan fingerprint density at radius 2 is 1.89 bits per heavy atom. The molecule has 0 fully saturated rings. The van der Waals surface area contributed by atoms with Gasteiger partial charge in [0.15, 0.2) is 18.1 Å². The minimum atomic E-state index is -0.459. The van der Waals surface area contributed by atoms with Crippen LogP contribution in [-0.4, -0.2) is 30.4 Å². The molecule has 0 aromatic heterocycles. The average molecular weight is 425 g/mol. The molecule has 2 aromatic rings. The molecule has 2 N–H and O–H groups in total. The van der Waals surface area contributed by atoms with Gasteiger partial charge >= 0.3 is 0 Å². The Labute approximate surface area is 174 Å². The van der Waals surface area contributed by atoms with Crippen molar-refractivity contribution in [1.82, 2.24) is 5.43 Å². The smallest absolute Gasteiger partial charge is 0.277 e. The Morgan fingerprint density at radius 1 is 1.21 bits per heavy atom. The average Bonchev–Trinajstić information content (AvgIpc) is 2.65. The molecule has 2 rings (SSSR count). The van der Waals surface area contributed by atoms with Crippen LogP contribution in [0.15, 0.2) is 23.3 Å². The van der Waals surface area contributed by atoms with Crippen molar-refractivity contribution in [2.75, 3.05) is 13.2 Å². The first kappa shape index (κ1) is 21.9. The Bertz CT molecular complexity index is 914. The van der Waals surface area contributed by atoms with Gasteiger partial charge in [-0.25, -0.2) is 5.43 Å². The Balaban J connectivity index is 2.06. The highest BCUT2D eigenvalue weighted by Crippen LogP contribution is 2.39. The highest BCUT2D eigenvalue weighted by molar-refractivity contribution is 6.43. The Hall–Kier alpha value is -2.44. The monoisotopic (exact) mass is 424 g/mol. The number of aromatic hydroxyl groups is 1. The van der Waals surface area contributed by atoms with E-state index in [0.717, 1.165) is 16.7 Å². The normalized spacial score (nSPS) is 10.9. The van der Waals surface area contributed by atoms with Gasteiger partial charge in [0.25, 0.3) is 5.91 Å². The summed E-state index contributed by atoms with van der Waals surface area (Å²) in [6.45, 7) is 7.73. The summed E-state index contributed by atoms with van der Waals surface area (Å²) in [6, 6.07) is 5.35. The Morgan fingerprint density at radius 3 is 2.57 bits per heavy atom. The standard InChI is InChI=1S/C20H22Cl2N2O4/c1-5-27-16-8-15(21)18(22)14(19(16)26)9-23-24-17(25)10-28-20-12(3)7-6-11(2)13(20)4/h6-9,26H,5,10H2,1-4H3,(H,24,25). The van der Waals surface area contributed by atoms with Crippen LogP contribution in [0, 0.1) is 20.8 Å². The Kier molecular flexibility index (Phi) is 7.54. The first-order valence-electron chi connectivity index (χ1n) is 8.61. The zero-order valence-electron chi connectivity index (χ0n) is 16.1. The van der Waals surface area contributed by atoms with Crippen molar-refractivity contribution >= 4 is 35.3 Å². The maximum atomic E-state index is 12.0. The first-order chi connectivity index (χ1) is 13.3. The molecule has 0 spiro atoms. The number of nitrogens with zero attached hydrogens (tertiary/aromatic N) is 1. The summed E-state index contributed by atoms with van der Waals surface area (Å²) in [5, 5.41) is 14.3. The van der Waals surface area contributed by atoms with Crippen molar-refractivity contribution in [3.63, 3.8) is 0 Å². The highest BCUT2D eigenvalue weighted by Gasteiger charge is 2.15. The van der Waals surface area contributed by atoms with Gasteiger partial charge in [0.05, 0.1) is 28.4 Å². The number of aryl methyl sites for hydroxylation is 2. The van der Waals surface area contributed by atoms with Gasteiger partial charge in [0.2, 0.25) is 0 Å². The summed E-state index contributed by atoms with van der Waals surface area (Å²) in [5.41, 5.74) is 5.48. The van der Waals surface area contributed by atoms with Crippen LogP contribution in [0.5, 0.6) is 17.2 Å². The van der Waals surface area contributed by atoms with E-state index in [1.165, 1.54) is 12.3 Å². The third-order valence-electron chi connectivity index (χ3n) is 4.10. The third-order valence-corrected chi connectivity index (χ3v) is 4.90. The number of halogens is 2. The van der Waals surface area contributed by atoms with Crippen LogP contribution >= 0.6 is 23.2 Å². The van der Waals surface area contributed by atoms with Crippen molar-refractivity contribution in [3.05, 3.63) is 50.5 Å². The van der Waals surface area contributed by atoms with Crippen LogP contribution in [-0.2, 0) is 4.79 Å². The maximum absolute atomic E-state index is 12.0. The summed E-state index contributed by atoms with van der Waals surface area (Å²) in [5.74, 6) is 0.185. The zero-order chi connectivity index (χ0) is 20.8. The van der Waals surface area contributed by atoms with Crippen molar-refractivity contribution < 1.29 is 19.4 Å². The second-order valence-electron chi connectivity index (χ2n) is 6.10. The number of ether oxygens (including phenoxy) is 2. The van der Waals surface area contributed by atoms with Crippen molar-refractivity contribution in [2.24, 2.45) is 5.10 Å². The molecule has 0 radical (unpaired) electrons. The van der Waals surface area contributed by atoms with E-state index in [1.807, 2.05) is 32.9 Å². The molecule has 150 valence electrons. The van der Waals surface area contributed by atoms with E-state index < -0.39 is 5.91 Å². The summed E-state index contributed by atoms with van der Waals surface area (Å²) in [4.78, 5) is 12.0. The molecule has 0 aliphatic rings. The molecule has 2 aromatic carbocycles. The fourth-order valence-corrected chi connectivity index (χ4v) is 2.88. The molecule has 6 nitrogen and oxygen atoms in total. The lowest BCUT2D eigenvalue weighted by Crippen LogP contribution is -2.25. The molecule has 0 atom stereocenters. The molecule has 1 amide bonds. The zero-order valence-corrected chi connectivity index (χ0v) is 17.6. The second kappa shape index (κ2) is 9.66. The van der Waals surface area contributed by atoms with Crippen LogP contribution in [0.25, 0.3) is 0 Å². The van der Waals surface area contributed by atoms with Gasteiger partial charge in [-0.15, -0.1) is 0 Å². The number of rotatable bonds is 7. The molecule has 0 saturated carbocycles. The minimum absolute atomic E-state index is 0.0999. The number of amides is 1. The number of benzene rings is 2. The van der Waals surface area contributed by atoms with Crippen LogP contribution in [0.4, 0.5) is 0 Å². The number of nitrogens with one attached hydrogen (secondary N) is 1. The molecule has 0 aliphatic heterocycles. The molecule has 0 aliphatic carbocycles. The number of phenolic OH excluding ortho intramolecular Hbond substituents is 1. The molecule has 0 unspecified atom stereocenters. The fourth-order valence-electron chi connectivity index (χ4n) is 2.48. The second-order valence-corrected chi connectivity index (χ2v) is 6.89. The molecular weight excluding hydrogens is 403 g/mol. The SMILES string of the molecule is CCOc1cc(Cl)c(Cl)c(C=NNC(=O)COc2c(C)ccc(C)c2C)c1O. The van der Waals surface area contributed by atoms with Gasteiger partial charge in [0.1, 0.15) is 5.75 Å². The van der Waals surface area contributed by atoms with E-state index in [2.05, 4.69) is 10.5 Å². The van der Waals surface area contributed by atoms with Crippen LogP contribution < -0.4 is 14.9 Å². The van der Waals surface area contributed by atoms with Gasteiger partial charge in [0, 0.05) is 6.07 Å². The highest BCUT2D eigenvalue weighted by atomic mass is 35.5.